The van der Waals surface area contributed by atoms with Gasteiger partial charge in [-0.25, -0.2) is 0 Å². The number of nitrogens with zero attached hydrogens (tertiary/aromatic N) is 1. The first kappa shape index (κ1) is 20.9. The van der Waals surface area contributed by atoms with E-state index in [0.717, 1.165) is 15.9 Å². The number of nitrogens with one attached hydrogen (secondary N) is 2. The Hall–Kier alpha value is -1.41. The summed E-state index contributed by atoms with van der Waals surface area (Å²) in [5, 5.41) is 6.01. The monoisotopic (exact) mass is 457 g/mol. The Morgan fingerprint density at radius 2 is 2.00 bits per heavy atom. The first-order valence-electron chi connectivity index (χ1n) is 8.17. The van der Waals surface area contributed by atoms with Gasteiger partial charge in [-0.1, -0.05) is 24.6 Å². The summed E-state index contributed by atoms with van der Waals surface area (Å²) in [6.45, 7) is 5.45. The molecule has 1 heterocycles. The number of carbonyl (C=O) groups is 2. The van der Waals surface area contributed by atoms with Gasteiger partial charge in [0, 0.05) is 22.1 Å². The van der Waals surface area contributed by atoms with Crippen LogP contribution in [0, 0.1) is 6.92 Å². The van der Waals surface area contributed by atoms with Crippen LogP contribution >= 0.6 is 38.9 Å². The lowest BCUT2D eigenvalue weighted by atomic mass is 10.2. The Balaban J connectivity index is 1.79. The minimum Gasteiger partial charge on any atom is -0.346 e. The number of carbonyl (C=O) groups excluding carboxylic acids is 2. The molecule has 140 valence electrons. The lowest BCUT2D eigenvalue weighted by molar-refractivity contribution is -0.125. The number of rotatable bonds is 8. The zero-order chi connectivity index (χ0) is 19.1. The molecule has 0 unspecified atom stereocenters. The van der Waals surface area contributed by atoms with Gasteiger partial charge in [-0.15, -0.1) is 11.3 Å². The molecule has 0 saturated carbocycles. The zero-order valence-corrected chi connectivity index (χ0v) is 17.8. The summed E-state index contributed by atoms with van der Waals surface area (Å²) in [4.78, 5) is 27.4. The van der Waals surface area contributed by atoms with E-state index in [1.807, 2.05) is 30.9 Å². The first-order valence-corrected chi connectivity index (χ1v) is 10.2. The molecule has 8 heteroatoms. The highest BCUT2D eigenvalue weighted by Gasteiger charge is 2.13. The van der Waals surface area contributed by atoms with Crippen LogP contribution in [0.1, 0.15) is 17.4 Å². The van der Waals surface area contributed by atoms with Crippen molar-refractivity contribution in [3.8, 4) is 0 Å². The fourth-order valence-corrected chi connectivity index (χ4v) is 4.01. The quantitative estimate of drug-likeness (QED) is 0.627. The van der Waals surface area contributed by atoms with Crippen molar-refractivity contribution < 1.29 is 9.59 Å². The second-order valence-corrected chi connectivity index (χ2v) is 8.70. The van der Waals surface area contributed by atoms with Gasteiger partial charge < -0.3 is 10.6 Å². The molecule has 0 aliphatic rings. The van der Waals surface area contributed by atoms with Crippen LogP contribution in [0.3, 0.4) is 0 Å². The van der Waals surface area contributed by atoms with Gasteiger partial charge in [0.2, 0.25) is 11.8 Å². The Morgan fingerprint density at radius 3 is 2.65 bits per heavy atom. The largest absolute Gasteiger partial charge is 0.346 e. The highest BCUT2D eigenvalue weighted by atomic mass is 79.9. The molecule has 2 aromatic rings. The third kappa shape index (κ3) is 6.39. The van der Waals surface area contributed by atoms with Crippen molar-refractivity contribution in [2.24, 2.45) is 0 Å². The van der Waals surface area contributed by atoms with Gasteiger partial charge in [0.25, 0.3) is 0 Å². The van der Waals surface area contributed by atoms with Crippen molar-refractivity contribution in [3.63, 3.8) is 0 Å². The maximum absolute atomic E-state index is 12.1. The number of anilines is 1. The van der Waals surface area contributed by atoms with Crippen LogP contribution in [0.25, 0.3) is 0 Å². The molecule has 2 amide bonds. The van der Waals surface area contributed by atoms with Gasteiger partial charge in [0.15, 0.2) is 0 Å². The molecule has 1 aromatic heterocycles. The Bertz CT molecular complexity index is 782. The summed E-state index contributed by atoms with van der Waals surface area (Å²) < 4.78 is 1.07. The number of hydrogen-bond acceptors (Lipinski definition) is 4. The molecule has 0 saturated heterocycles. The topological polar surface area (TPSA) is 61.4 Å². The third-order valence-corrected chi connectivity index (χ3v) is 5.83. The maximum atomic E-state index is 12.1. The van der Waals surface area contributed by atoms with E-state index in [9.17, 15) is 9.59 Å². The molecule has 1 aromatic carbocycles. The van der Waals surface area contributed by atoms with E-state index in [1.165, 1.54) is 4.88 Å². The van der Waals surface area contributed by atoms with Crippen LogP contribution in [0.2, 0.25) is 5.02 Å². The standard InChI is InChI=1S/C18H21BrClN3O2S/c1-3-23(10-13-7-8-16(19)26-13)11-18(25)21-9-17(24)22-15-6-4-5-14(20)12(15)2/h4-8H,3,9-11H2,1-2H3,(H,21,25)(H,22,24). The van der Waals surface area contributed by atoms with Gasteiger partial charge in [-0.05, 0) is 59.2 Å². The smallest absolute Gasteiger partial charge is 0.243 e. The minimum absolute atomic E-state index is 0.0765. The number of benzene rings is 1. The molecule has 5 nitrogen and oxygen atoms in total. The predicted octanol–water partition coefficient (Wildman–Crippen LogP) is 4.05. The van der Waals surface area contributed by atoms with Crippen LogP contribution in [0.4, 0.5) is 5.69 Å². The normalized spacial score (nSPS) is 10.8. The van der Waals surface area contributed by atoms with Crippen LogP contribution < -0.4 is 10.6 Å². The summed E-state index contributed by atoms with van der Waals surface area (Å²) in [7, 11) is 0. The summed E-state index contributed by atoms with van der Waals surface area (Å²) in [5.74, 6) is -0.464. The van der Waals surface area contributed by atoms with Gasteiger partial charge in [0.05, 0.1) is 16.9 Å². The number of hydrogen-bond donors (Lipinski definition) is 2. The van der Waals surface area contributed by atoms with E-state index < -0.39 is 0 Å². The molecule has 0 fully saturated rings. The fraction of sp³-hybridized carbons (Fsp3) is 0.333. The van der Waals surface area contributed by atoms with E-state index in [0.29, 0.717) is 17.3 Å². The molecule has 2 rings (SSSR count). The van der Waals surface area contributed by atoms with E-state index in [1.54, 1.807) is 29.5 Å². The molecule has 0 radical (unpaired) electrons. The second-order valence-electron chi connectivity index (χ2n) is 5.75. The summed E-state index contributed by atoms with van der Waals surface area (Å²) in [5.41, 5.74) is 1.45. The highest BCUT2D eigenvalue weighted by Crippen LogP contribution is 2.23. The van der Waals surface area contributed by atoms with E-state index >= 15 is 0 Å². The van der Waals surface area contributed by atoms with Gasteiger partial charge in [-0.3, -0.25) is 14.5 Å². The fourth-order valence-electron chi connectivity index (χ4n) is 2.31. The van der Waals surface area contributed by atoms with Crippen molar-refractivity contribution in [1.29, 1.82) is 0 Å². The lowest BCUT2D eigenvalue weighted by Gasteiger charge is -2.19. The number of halogens is 2. The van der Waals surface area contributed by atoms with Crippen molar-refractivity contribution >= 4 is 56.4 Å². The molecule has 0 aliphatic carbocycles. The van der Waals surface area contributed by atoms with Gasteiger partial charge in [-0.2, -0.15) is 0 Å². The first-order chi connectivity index (χ1) is 12.4. The molecule has 0 aliphatic heterocycles. The Morgan fingerprint density at radius 1 is 1.23 bits per heavy atom. The van der Waals surface area contributed by atoms with Crippen LogP contribution in [0.5, 0.6) is 0 Å². The van der Waals surface area contributed by atoms with E-state index in [-0.39, 0.29) is 24.9 Å². The van der Waals surface area contributed by atoms with Crippen LogP contribution in [-0.2, 0) is 16.1 Å². The Kier molecular flexibility index (Phi) is 8.09. The van der Waals surface area contributed by atoms with Crippen molar-refractivity contribution in [2.45, 2.75) is 20.4 Å². The zero-order valence-electron chi connectivity index (χ0n) is 14.6. The lowest BCUT2D eigenvalue weighted by Crippen LogP contribution is -2.40. The minimum atomic E-state index is -0.283. The number of likely N-dealkylation sites (N-methyl/N-ethyl adjacent to an activating group) is 1. The molecule has 0 bridgehead atoms. The summed E-state index contributed by atoms with van der Waals surface area (Å²) in [6, 6.07) is 9.34. The third-order valence-electron chi connectivity index (χ3n) is 3.81. The molecular formula is C18H21BrClN3O2S. The number of thiophene rings is 1. The molecular weight excluding hydrogens is 438 g/mol. The molecule has 0 atom stereocenters. The molecule has 0 spiro atoms. The molecule has 26 heavy (non-hydrogen) atoms. The maximum Gasteiger partial charge on any atom is 0.243 e. The van der Waals surface area contributed by atoms with Crippen LogP contribution in [-0.4, -0.2) is 36.3 Å². The van der Waals surface area contributed by atoms with Crippen LogP contribution in [0.15, 0.2) is 34.1 Å². The predicted molar refractivity (Wildman–Crippen MR) is 111 cm³/mol. The molecule has 2 N–H and O–H groups in total. The average molecular weight is 459 g/mol. The number of amides is 2. The highest BCUT2D eigenvalue weighted by molar-refractivity contribution is 9.11. The van der Waals surface area contributed by atoms with Crippen molar-refractivity contribution in [3.05, 3.63) is 49.6 Å². The van der Waals surface area contributed by atoms with E-state index in [4.69, 9.17) is 11.6 Å². The van der Waals surface area contributed by atoms with Crippen molar-refractivity contribution in [1.82, 2.24) is 10.2 Å². The van der Waals surface area contributed by atoms with Gasteiger partial charge >= 0.3 is 0 Å². The van der Waals surface area contributed by atoms with Gasteiger partial charge in [0.1, 0.15) is 0 Å². The summed E-state index contributed by atoms with van der Waals surface area (Å²) in [6.07, 6.45) is 0. The van der Waals surface area contributed by atoms with Crippen molar-refractivity contribution in [2.75, 3.05) is 25.0 Å². The van der Waals surface area contributed by atoms with E-state index in [2.05, 4.69) is 26.6 Å². The average Bonchev–Trinajstić information content (AvgIpc) is 3.01. The summed E-state index contributed by atoms with van der Waals surface area (Å²) >= 11 is 11.1. The Labute approximate surface area is 170 Å². The SMILES string of the molecule is CCN(CC(=O)NCC(=O)Nc1cccc(Cl)c1C)Cc1ccc(Br)s1. The second kappa shape index (κ2) is 10.1.